The standard InChI is InChI=1S/C31H40N2O4S/c1-4-32(18-26(34)21-36-20-24-8-6-5-7-9-24)19-31(35)33-16-14-30-28(15-17-38-30)29(33)22-37-27-12-10-25(11-13-27)23(2)3/h5-13,15,17,23,26,29,34H,4,14,16,18-22H2,1-3H3/t26-,29+/m1/s1. The molecule has 0 aliphatic carbocycles. The lowest BCUT2D eigenvalue weighted by atomic mass is 10.00. The van der Waals surface area contributed by atoms with Gasteiger partial charge in [0.25, 0.3) is 0 Å². The van der Waals surface area contributed by atoms with Crippen LogP contribution in [0, 0.1) is 0 Å². The largest absolute Gasteiger partial charge is 0.491 e. The second kappa shape index (κ2) is 13.9. The summed E-state index contributed by atoms with van der Waals surface area (Å²) in [6.45, 7) is 9.46. The van der Waals surface area contributed by atoms with E-state index in [2.05, 4.69) is 37.4 Å². The molecule has 1 N–H and O–H groups in total. The summed E-state index contributed by atoms with van der Waals surface area (Å²) in [6.07, 6.45) is 0.199. The third kappa shape index (κ3) is 7.67. The van der Waals surface area contributed by atoms with Gasteiger partial charge in [-0.2, -0.15) is 0 Å². The molecule has 2 aromatic carbocycles. The van der Waals surface area contributed by atoms with Crippen LogP contribution in [0.1, 0.15) is 54.3 Å². The Morgan fingerprint density at radius 1 is 1.13 bits per heavy atom. The molecule has 0 radical (unpaired) electrons. The zero-order chi connectivity index (χ0) is 26.9. The molecule has 0 fully saturated rings. The van der Waals surface area contributed by atoms with Crippen LogP contribution in [0.4, 0.5) is 0 Å². The van der Waals surface area contributed by atoms with Crippen molar-refractivity contribution in [3.8, 4) is 5.75 Å². The number of fused-ring (bicyclic) bond motifs is 1. The number of aliphatic hydroxyl groups is 1. The van der Waals surface area contributed by atoms with E-state index in [9.17, 15) is 9.90 Å². The summed E-state index contributed by atoms with van der Waals surface area (Å²) in [5.41, 5.74) is 3.54. The number of amides is 1. The summed E-state index contributed by atoms with van der Waals surface area (Å²) < 4.78 is 11.9. The van der Waals surface area contributed by atoms with Crippen molar-refractivity contribution in [1.82, 2.24) is 9.80 Å². The van der Waals surface area contributed by atoms with E-state index in [0.29, 0.717) is 38.8 Å². The van der Waals surface area contributed by atoms with Crippen molar-refractivity contribution in [3.05, 3.63) is 87.6 Å². The minimum atomic E-state index is -0.663. The minimum absolute atomic E-state index is 0.0601. The van der Waals surface area contributed by atoms with Crippen molar-refractivity contribution in [2.24, 2.45) is 0 Å². The smallest absolute Gasteiger partial charge is 0.237 e. The van der Waals surface area contributed by atoms with E-state index < -0.39 is 6.10 Å². The number of likely N-dealkylation sites (N-methyl/N-ethyl adjacent to an activating group) is 1. The molecule has 6 nitrogen and oxygen atoms in total. The van der Waals surface area contributed by atoms with Crippen LogP contribution in [-0.2, 0) is 22.6 Å². The van der Waals surface area contributed by atoms with E-state index in [1.807, 2.05) is 59.2 Å². The van der Waals surface area contributed by atoms with Crippen molar-refractivity contribution >= 4 is 17.2 Å². The second-order valence-corrected chi connectivity index (χ2v) is 11.2. The first-order chi connectivity index (χ1) is 18.4. The average molecular weight is 537 g/mol. The lowest BCUT2D eigenvalue weighted by Crippen LogP contribution is -2.48. The Balaban J connectivity index is 1.33. The Hall–Kier alpha value is -2.71. The van der Waals surface area contributed by atoms with Crippen molar-refractivity contribution in [2.75, 3.05) is 39.4 Å². The summed E-state index contributed by atoms with van der Waals surface area (Å²) in [5.74, 6) is 1.35. The Bertz CT molecular complexity index is 1130. The number of hydrogen-bond donors (Lipinski definition) is 1. The number of benzene rings is 2. The Morgan fingerprint density at radius 3 is 2.61 bits per heavy atom. The van der Waals surface area contributed by atoms with Gasteiger partial charge < -0.3 is 19.5 Å². The summed E-state index contributed by atoms with van der Waals surface area (Å²) >= 11 is 1.75. The van der Waals surface area contributed by atoms with Crippen LogP contribution in [0.3, 0.4) is 0 Å². The first-order valence-electron chi connectivity index (χ1n) is 13.5. The summed E-state index contributed by atoms with van der Waals surface area (Å²) in [6, 6.07) is 20.2. The third-order valence-electron chi connectivity index (χ3n) is 7.07. The first kappa shape index (κ1) is 28.3. The van der Waals surface area contributed by atoms with Gasteiger partial charge in [-0.1, -0.05) is 63.2 Å². The van der Waals surface area contributed by atoms with Crippen LogP contribution in [0.25, 0.3) is 0 Å². The number of rotatable bonds is 13. The number of ether oxygens (including phenoxy) is 2. The van der Waals surface area contributed by atoms with Crippen LogP contribution >= 0.6 is 11.3 Å². The van der Waals surface area contributed by atoms with Gasteiger partial charge in [0.05, 0.1) is 31.9 Å². The van der Waals surface area contributed by atoms with Crippen LogP contribution in [0.5, 0.6) is 5.75 Å². The zero-order valence-corrected chi connectivity index (χ0v) is 23.5. The Labute approximate surface area is 230 Å². The molecule has 1 aromatic heterocycles. The number of carbonyl (C=O) groups excluding carboxylic acids is 1. The van der Waals surface area contributed by atoms with E-state index in [-0.39, 0.29) is 25.1 Å². The van der Waals surface area contributed by atoms with Crippen LogP contribution in [0.2, 0.25) is 0 Å². The van der Waals surface area contributed by atoms with Gasteiger partial charge in [-0.15, -0.1) is 11.3 Å². The van der Waals surface area contributed by atoms with E-state index in [1.54, 1.807) is 11.3 Å². The monoisotopic (exact) mass is 536 g/mol. The maximum atomic E-state index is 13.5. The molecule has 4 rings (SSSR count). The molecule has 3 aromatic rings. The summed E-state index contributed by atoms with van der Waals surface area (Å²) in [5, 5.41) is 12.7. The van der Waals surface area contributed by atoms with Crippen LogP contribution in [0.15, 0.2) is 66.0 Å². The molecule has 2 heterocycles. The van der Waals surface area contributed by atoms with Gasteiger partial charge >= 0.3 is 0 Å². The molecule has 1 aliphatic rings. The molecule has 2 atom stereocenters. The van der Waals surface area contributed by atoms with Crippen molar-refractivity contribution in [1.29, 1.82) is 0 Å². The Kier molecular flexibility index (Phi) is 10.4. The normalized spacial score (nSPS) is 16.1. The van der Waals surface area contributed by atoms with Gasteiger partial charge in [0.2, 0.25) is 5.91 Å². The molecule has 0 bridgehead atoms. The molecule has 204 valence electrons. The number of carbonyl (C=O) groups is 1. The highest BCUT2D eigenvalue weighted by molar-refractivity contribution is 7.10. The average Bonchev–Trinajstić information content (AvgIpc) is 3.41. The third-order valence-corrected chi connectivity index (χ3v) is 8.06. The predicted octanol–water partition coefficient (Wildman–Crippen LogP) is 5.28. The first-order valence-corrected chi connectivity index (χ1v) is 14.4. The quantitative estimate of drug-likeness (QED) is 0.322. The van der Waals surface area contributed by atoms with Gasteiger partial charge in [0.15, 0.2) is 0 Å². The molecule has 0 unspecified atom stereocenters. The lowest BCUT2D eigenvalue weighted by molar-refractivity contribution is -0.136. The summed E-state index contributed by atoms with van der Waals surface area (Å²) in [7, 11) is 0. The Morgan fingerprint density at radius 2 is 1.89 bits per heavy atom. The van der Waals surface area contributed by atoms with Crippen LogP contribution in [-0.4, -0.2) is 66.3 Å². The zero-order valence-electron chi connectivity index (χ0n) is 22.7. The number of nitrogens with zero attached hydrogens (tertiary/aromatic N) is 2. The van der Waals surface area contributed by atoms with Gasteiger partial charge in [-0.3, -0.25) is 9.69 Å². The fourth-order valence-corrected chi connectivity index (χ4v) is 5.75. The van der Waals surface area contributed by atoms with E-state index >= 15 is 0 Å². The highest BCUT2D eigenvalue weighted by Crippen LogP contribution is 2.34. The molecule has 0 spiro atoms. The maximum absolute atomic E-state index is 13.5. The van der Waals surface area contributed by atoms with E-state index in [0.717, 1.165) is 17.7 Å². The van der Waals surface area contributed by atoms with Gasteiger partial charge in [0, 0.05) is 18.0 Å². The highest BCUT2D eigenvalue weighted by atomic mass is 32.1. The molecule has 7 heteroatoms. The number of aliphatic hydroxyl groups excluding tert-OH is 1. The van der Waals surface area contributed by atoms with Crippen LogP contribution < -0.4 is 4.74 Å². The maximum Gasteiger partial charge on any atom is 0.237 e. The fourth-order valence-electron chi connectivity index (χ4n) is 4.82. The topological polar surface area (TPSA) is 62.2 Å². The van der Waals surface area contributed by atoms with Gasteiger partial charge in [-0.05, 0) is 59.2 Å². The SMILES string of the molecule is CCN(CC(=O)N1CCc2sccc2[C@@H]1COc1ccc(C(C)C)cc1)C[C@@H](O)COCc1ccccc1. The van der Waals surface area contributed by atoms with E-state index in [1.165, 1.54) is 16.0 Å². The van der Waals surface area contributed by atoms with Gasteiger partial charge in [0.1, 0.15) is 12.4 Å². The number of thiophene rings is 1. The van der Waals surface area contributed by atoms with E-state index in [4.69, 9.17) is 9.47 Å². The molecular weight excluding hydrogens is 496 g/mol. The predicted molar refractivity (Wildman–Crippen MR) is 153 cm³/mol. The van der Waals surface area contributed by atoms with Gasteiger partial charge in [-0.25, -0.2) is 0 Å². The molecule has 38 heavy (non-hydrogen) atoms. The molecule has 1 aliphatic heterocycles. The minimum Gasteiger partial charge on any atom is -0.491 e. The number of hydrogen-bond acceptors (Lipinski definition) is 6. The fraction of sp³-hybridized carbons (Fsp3) is 0.452. The molecule has 0 saturated carbocycles. The van der Waals surface area contributed by atoms with Crippen molar-refractivity contribution < 1.29 is 19.4 Å². The van der Waals surface area contributed by atoms with Crippen molar-refractivity contribution in [3.63, 3.8) is 0 Å². The second-order valence-electron chi connectivity index (χ2n) is 10.2. The molecule has 0 saturated heterocycles. The molecule has 1 amide bonds. The summed E-state index contributed by atoms with van der Waals surface area (Å²) in [4.78, 5) is 18.8. The highest BCUT2D eigenvalue weighted by Gasteiger charge is 2.33. The molecular formula is C31H40N2O4S. The van der Waals surface area contributed by atoms with Crippen molar-refractivity contribution in [2.45, 2.75) is 51.9 Å². The lowest BCUT2D eigenvalue weighted by Gasteiger charge is -2.37.